The Labute approximate surface area is 132 Å². The lowest BCUT2D eigenvalue weighted by molar-refractivity contribution is -0.147. The topological polar surface area (TPSA) is 54.4 Å². The lowest BCUT2D eigenvalue weighted by Gasteiger charge is -2.58. The SMILES string of the molecule is CC12C[C@H](O)C3C(CCC4=CC(=O)CCC43C)C1CCC2=O. The monoisotopic (exact) mass is 302 g/mol. The molecule has 4 aliphatic carbocycles. The summed E-state index contributed by atoms with van der Waals surface area (Å²) in [6.07, 6.45) is 7.24. The summed E-state index contributed by atoms with van der Waals surface area (Å²) in [6, 6.07) is 0. The number of aliphatic hydroxyl groups is 1. The molecule has 0 saturated heterocycles. The van der Waals surface area contributed by atoms with E-state index in [4.69, 9.17) is 0 Å². The van der Waals surface area contributed by atoms with Crippen molar-refractivity contribution < 1.29 is 14.7 Å². The molecule has 22 heavy (non-hydrogen) atoms. The second-order valence-electron chi connectivity index (χ2n) is 8.54. The third-order valence-corrected chi connectivity index (χ3v) is 7.61. The molecule has 3 saturated carbocycles. The van der Waals surface area contributed by atoms with Gasteiger partial charge in [0, 0.05) is 18.3 Å². The van der Waals surface area contributed by atoms with Crippen LogP contribution in [0, 0.1) is 28.6 Å². The van der Waals surface area contributed by atoms with Gasteiger partial charge in [-0.05, 0) is 61.3 Å². The van der Waals surface area contributed by atoms with Crippen molar-refractivity contribution in [1.82, 2.24) is 0 Å². The van der Waals surface area contributed by atoms with Gasteiger partial charge in [-0.25, -0.2) is 0 Å². The second kappa shape index (κ2) is 4.53. The summed E-state index contributed by atoms with van der Waals surface area (Å²) in [4.78, 5) is 24.2. The Morgan fingerprint density at radius 2 is 1.86 bits per heavy atom. The molecule has 0 radical (unpaired) electrons. The highest BCUT2D eigenvalue weighted by Crippen LogP contribution is 2.64. The Morgan fingerprint density at radius 3 is 2.64 bits per heavy atom. The largest absolute Gasteiger partial charge is 0.393 e. The predicted molar refractivity (Wildman–Crippen MR) is 83.1 cm³/mol. The van der Waals surface area contributed by atoms with Crippen LogP contribution in [-0.4, -0.2) is 22.8 Å². The smallest absolute Gasteiger partial charge is 0.155 e. The van der Waals surface area contributed by atoms with Crippen molar-refractivity contribution in [1.29, 1.82) is 0 Å². The standard InChI is InChI=1S/C19H26O3/c1-18-8-7-12(20)9-11(18)3-4-13-14-5-6-16(22)19(14,2)10-15(21)17(13)18/h9,13-15,17,21H,3-8,10H2,1-2H3/t13?,14?,15-,17?,18?,19?/m0/s1. The Balaban J connectivity index is 1.75. The van der Waals surface area contributed by atoms with E-state index in [1.165, 1.54) is 5.57 Å². The molecule has 5 unspecified atom stereocenters. The number of rotatable bonds is 0. The Bertz CT molecular complexity index is 577. The number of allylic oxidation sites excluding steroid dienone is 1. The van der Waals surface area contributed by atoms with Crippen LogP contribution in [-0.2, 0) is 9.59 Å². The lowest BCUT2D eigenvalue weighted by atomic mass is 9.46. The maximum absolute atomic E-state index is 12.4. The zero-order valence-electron chi connectivity index (χ0n) is 13.6. The molecule has 3 nitrogen and oxygen atoms in total. The van der Waals surface area contributed by atoms with Gasteiger partial charge >= 0.3 is 0 Å². The van der Waals surface area contributed by atoms with Gasteiger partial charge < -0.3 is 5.11 Å². The molecule has 1 N–H and O–H groups in total. The van der Waals surface area contributed by atoms with Crippen LogP contribution in [0.1, 0.15) is 58.8 Å². The number of aliphatic hydroxyl groups excluding tert-OH is 1. The number of Topliss-reactive ketones (excluding diaryl/α,β-unsaturated/α-hetero) is 1. The number of hydrogen-bond acceptors (Lipinski definition) is 3. The van der Waals surface area contributed by atoms with Gasteiger partial charge in [-0.3, -0.25) is 9.59 Å². The van der Waals surface area contributed by atoms with E-state index in [9.17, 15) is 14.7 Å². The van der Waals surface area contributed by atoms with Crippen molar-refractivity contribution in [2.75, 3.05) is 0 Å². The predicted octanol–water partition coefficient (Wildman–Crippen LogP) is 3.06. The van der Waals surface area contributed by atoms with Gasteiger partial charge in [-0.1, -0.05) is 19.4 Å². The van der Waals surface area contributed by atoms with Gasteiger partial charge in [0.25, 0.3) is 0 Å². The molecule has 0 aromatic carbocycles. The van der Waals surface area contributed by atoms with E-state index in [0.717, 1.165) is 25.7 Å². The lowest BCUT2D eigenvalue weighted by Crippen LogP contribution is -2.56. The number of ketones is 2. The van der Waals surface area contributed by atoms with Gasteiger partial charge in [0.15, 0.2) is 5.78 Å². The highest BCUT2D eigenvalue weighted by molar-refractivity contribution is 5.91. The van der Waals surface area contributed by atoms with Crippen molar-refractivity contribution in [2.24, 2.45) is 28.6 Å². The van der Waals surface area contributed by atoms with Crippen LogP contribution in [0.3, 0.4) is 0 Å². The number of fused-ring (bicyclic) bond motifs is 5. The van der Waals surface area contributed by atoms with E-state index in [-0.39, 0.29) is 22.5 Å². The van der Waals surface area contributed by atoms with E-state index >= 15 is 0 Å². The molecule has 6 atom stereocenters. The zero-order chi connectivity index (χ0) is 15.7. The molecular weight excluding hydrogens is 276 g/mol. The van der Waals surface area contributed by atoms with Crippen molar-refractivity contribution in [2.45, 2.75) is 64.9 Å². The van der Waals surface area contributed by atoms with Crippen molar-refractivity contribution >= 4 is 11.6 Å². The van der Waals surface area contributed by atoms with Crippen LogP contribution >= 0.6 is 0 Å². The summed E-state index contributed by atoms with van der Waals surface area (Å²) in [7, 11) is 0. The summed E-state index contributed by atoms with van der Waals surface area (Å²) in [5.41, 5.74) is 0.920. The summed E-state index contributed by atoms with van der Waals surface area (Å²) < 4.78 is 0. The average Bonchev–Trinajstić information content (AvgIpc) is 2.75. The molecule has 0 spiro atoms. The fraction of sp³-hybridized carbons (Fsp3) is 0.789. The third-order valence-electron chi connectivity index (χ3n) is 7.61. The van der Waals surface area contributed by atoms with Gasteiger partial charge in [0.1, 0.15) is 5.78 Å². The second-order valence-corrected chi connectivity index (χ2v) is 8.54. The molecule has 0 bridgehead atoms. The third kappa shape index (κ3) is 1.72. The van der Waals surface area contributed by atoms with E-state index in [2.05, 4.69) is 13.8 Å². The summed E-state index contributed by atoms with van der Waals surface area (Å²) in [5.74, 6) is 1.71. The quantitative estimate of drug-likeness (QED) is 0.748. The molecule has 0 aromatic heterocycles. The van der Waals surface area contributed by atoms with Crippen LogP contribution in [0.5, 0.6) is 0 Å². The van der Waals surface area contributed by atoms with Gasteiger partial charge in [0.05, 0.1) is 6.10 Å². The molecule has 4 rings (SSSR count). The molecule has 4 aliphatic rings. The summed E-state index contributed by atoms with van der Waals surface area (Å²) >= 11 is 0. The summed E-state index contributed by atoms with van der Waals surface area (Å²) in [5, 5.41) is 10.9. The Kier molecular flexibility index (Phi) is 3.01. The minimum atomic E-state index is -0.407. The average molecular weight is 302 g/mol. The molecular formula is C19H26O3. The Hall–Kier alpha value is -0.960. The highest BCUT2D eigenvalue weighted by Gasteiger charge is 2.61. The molecule has 120 valence electrons. The number of carbonyl (C=O) groups is 2. The molecule has 3 fully saturated rings. The number of carbonyl (C=O) groups excluding carboxylic acids is 2. The summed E-state index contributed by atoms with van der Waals surface area (Å²) in [6.45, 7) is 4.34. The van der Waals surface area contributed by atoms with E-state index in [0.29, 0.717) is 36.9 Å². The van der Waals surface area contributed by atoms with E-state index in [1.54, 1.807) is 0 Å². The van der Waals surface area contributed by atoms with Gasteiger partial charge in [-0.2, -0.15) is 0 Å². The van der Waals surface area contributed by atoms with Gasteiger partial charge in [-0.15, -0.1) is 0 Å². The first-order valence-corrected chi connectivity index (χ1v) is 8.81. The van der Waals surface area contributed by atoms with Crippen LogP contribution in [0.2, 0.25) is 0 Å². The Morgan fingerprint density at radius 1 is 1.09 bits per heavy atom. The van der Waals surface area contributed by atoms with Crippen molar-refractivity contribution in [3.63, 3.8) is 0 Å². The zero-order valence-corrected chi connectivity index (χ0v) is 13.6. The molecule has 0 aromatic rings. The maximum atomic E-state index is 12.4. The van der Waals surface area contributed by atoms with E-state index < -0.39 is 6.10 Å². The number of hydrogen-bond donors (Lipinski definition) is 1. The molecule has 0 heterocycles. The van der Waals surface area contributed by atoms with Crippen LogP contribution < -0.4 is 0 Å². The first-order valence-electron chi connectivity index (χ1n) is 8.81. The molecule has 3 heteroatoms. The van der Waals surface area contributed by atoms with Crippen molar-refractivity contribution in [3.8, 4) is 0 Å². The minimum absolute atomic E-state index is 0.0385. The fourth-order valence-corrected chi connectivity index (χ4v) is 6.46. The first-order chi connectivity index (χ1) is 10.4. The molecule has 0 amide bonds. The van der Waals surface area contributed by atoms with E-state index in [1.807, 2.05) is 6.08 Å². The first kappa shape index (κ1) is 14.6. The normalized spacial score (nSPS) is 51.0. The fourth-order valence-electron chi connectivity index (χ4n) is 6.46. The van der Waals surface area contributed by atoms with Crippen LogP contribution in [0.15, 0.2) is 11.6 Å². The minimum Gasteiger partial charge on any atom is -0.393 e. The highest BCUT2D eigenvalue weighted by atomic mass is 16.3. The maximum Gasteiger partial charge on any atom is 0.155 e. The van der Waals surface area contributed by atoms with Crippen molar-refractivity contribution in [3.05, 3.63) is 11.6 Å². The molecule has 0 aliphatic heterocycles. The van der Waals surface area contributed by atoms with Crippen LogP contribution in [0.25, 0.3) is 0 Å². The van der Waals surface area contributed by atoms with Crippen LogP contribution in [0.4, 0.5) is 0 Å². The van der Waals surface area contributed by atoms with Gasteiger partial charge in [0.2, 0.25) is 0 Å².